The fraction of sp³-hybridized carbons (Fsp3) is 0.400. The first-order chi connectivity index (χ1) is 9.21. The van der Waals surface area contributed by atoms with Crippen molar-refractivity contribution in [2.75, 3.05) is 13.1 Å². The van der Waals surface area contributed by atoms with Crippen molar-refractivity contribution in [3.05, 3.63) is 36.1 Å². The molecular formula is C15H17NO3. The summed E-state index contributed by atoms with van der Waals surface area (Å²) in [4.78, 5) is 11.0. The second kappa shape index (κ2) is 4.70. The number of para-hydroxylation sites is 1. The van der Waals surface area contributed by atoms with Crippen LogP contribution in [0.1, 0.15) is 18.4 Å². The van der Waals surface area contributed by atoms with E-state index in [0.29, 0.717) is 6.54 Å². The number of fused-ring (bicyclic) bond motifs is 1. The summed E-state index contributed by atoms with van der Waals surface area (Å²) >= 11 is 0. The number of hydrogen-bond acceptors (Lipinski definition) is 3. The van der Waals surface area contributed by atoms with Crippen molar-refractivity contribution in [2.45, 2.75) is 19.3 Å². The molecule has 2 aromatic rings. The van der Waals surface area contributed by atoms with Gasteiger partial charge < -0.3 is 14.8 Å². The predicted octanol–water partition coefficient (Wildman–Crippen LogP) is 2.43. The van der Waals surface area contributed by atoms with Crippen LogP contribution in [0.25, 0.3) is 11.0 Å². The molecule has 4 nitrogen and oxygen atoms in total. The summed E-state index contributed by atoms with van der Waals surface area (Å²) < 4.78 is 5.48. The molecule has 1 aromatic heterocycles. The molecule has 1 saturated carbocycles. The van der Waals surface area contributed by atoms with Crippen LogP contribution >= 0.6 is 0 Å². The molecule has 1 aliphatic carbocycles. The minimum Gasteiger partial charge on any atom is -0.481 e. The van der Waals surface area contributed by atoms with Gasteiger partial charge in [0, 0.05) is 11.9 Å². The minimum absolute atomic E-state index is 0.488. The number of aliphatic carboxylic acids is 1. The lowest BCUT2D eigenvalue weighted by molar-refractivity contribution is -0.143. The van der Waals surface area contributed by atoms with Gasteiger partial charge in [-0.05, 0) is 37.4 Å². The maximum Gasteiger partial charge on any atom is 0.310 e. The van der Waals surface area contributed by atoms with Crippen molar-refractivity contribution in [3.63, 3.8) is 0 Å². The molecule has 0 radical (unpaired) electrons. The average molecular weight is 259 g/mol. The first-order valence-corrected chi connectivity index (χ1v) is 6.60. The molecule has 0 spiro atoms. The lowest BCUT2D eigenvalue weighted by Gasteiger charge is -2.10. The van der Waals surface area contributed by atoms with Crippen LogP contribution in [0.3, 0.4) is 0 Å². The zero-order chi connectivity index (χ0) is 13.3. The molecule has 0 atom stereocenters. The maximum absolute atomic E-state index is 11.0. The molecule has 0 aliphatic heterocycles. The van der Waals surface area contributed by atoms with E-state index in [4.69, 9.17) is 9.52 Å². The summed E-state index contributed by atoms with van der Waals surface area (Å²) in [5, 5.41) is 13.5. The van der Waals surface area contributed by atoms with E-state index in [0.717, 1.165) is 36.8 Å². The summed E-state index contributed by atoms with van der Waals surface area (Å²) in [6.45, 7) is 1.34. The Kier molecular flexibility index (Phi) is 3.03. The second-order valence-corrected chi connectivity index (χ2v) is 5.27. The molecular weight excluding hydrogens is 242 g/mol. The highest BCUT2D eigenvalue weighted by Crippen LogP contribution is 2.45. The molecule has 19 heavy (non-hydrogen) atoms. The third kappa shape index (κ3) is 2.36. The Morgan fingerprint density at radius 2 is 2.16 bits per heavy atom. The fourth-order valence-corrected chi connectivity index (χ4v) is 2.39. The lowest BCUT2D eigenvalue weighted by Crippen LogP contribution is -2.31. The van der Waals surface area contributed by atoms with Crippen LogP contribution in [0.5, 0.6) is 0 Å². The van der Waals surface area contributed by atoms with Crippen molar-refractivity contribution in [1.82, 2.24) is 5.32 Å². The molecule has 0 unspecified atom stereocenters. The quantitative estimate of drug-likeness (QED) is 0.782. The minimum atomic E-state index is -0.672. The number of furan rings is 1. The van der Waals surface area contributed by atoms with E-state index in [9.17, 15) is 4.79 Å². The highest BCUT2D eigenvalue weighted by molar-refractivity contribution is 5.80. The monoisotopic (exact) mass is 259 g/mol. The molecule has 0 bridgehead atoms. The van der Waals surface area contributed by atoms with Crippen LogP contribution in [0.15, 0.2) is 34.9 Å². The van der Waals surface area contributed by atoms with Crippen LogP contribution in [-0.4, -0.2) is 24.2 Å². The summed E-state index contributed by atoms with van der Waals surface area (Å²) in [7, 11) is 0. The van der Waals surface area contributed by atoms with E-state index in [1.54, 1.807) is 6.26 Å². The van der Waals surface area contributed by atoms with Gasteiger partial charge >= 0.3 is 5.97 Å². The number of carboxylic acid groups (broad SMARTS) is 1. The molecule has 100 valence electrons. The Morgan fingerprint density at radius 1 is 1.37 bits per heavy atom. The molecule has 1 fully saturated rings. The molecule has 2 N–H and O–H groups in total. The first kappa shape index (κ1) is 12.2. The SMILES string of the molecule is O=C(O)C1(CNCCc2coc3ccccc23)CC1. The van der Waals surface area contributed by atoms with Gasteiger partial charge in [0.25, 0.3) is 0 Å². The summed E-state index contributed by atoms with van der Waals surface area (Å²) in [6.07, 6.45) is 4.23. The van der Waals surface area contributed by atoms with Crippen molar-refractivity contribution in [1.29, 1.82) is 0 Å². The second-order valence-electron chi connectivity index (χ2n) is 5.27. The van der Waals surface area contributed by atoms with E-state index >= 15 is 0 Å². The number of carboxylic acids is 1. The van der Waals surface area contributed by atoms with E-state index in [-0.39, 0.29) is 0 Å². The highest BCUT2D eigenvalue weighted by atomic mass is 16.4. The number of nitrogens with one attached hydrogen (secondary N) is 1. The summed E-state index contributed by atoms with van der Waals surface area (Å²) in [5.74, 6) is -0.672. The fourth-order valence-electron chi connectivity index (χ4n) is 2.39. The van der Waals surface area contributed by atoms with Crippen molar-refractivity contribution >= 4 is 16.9 Å². The van der Waals surface area contributed by atoms with E-state index in [1.807, 2.05) is 24.3 Å². The van der Waals surface area contributed by atoms with E-state index < -0.39 is 11.4 Å². The first-order valence-electron chi connectivity index (χ1n) is 6.60. The van der Waals surface area contributed by atoms with Gasteiger partial charge in [0.1, 0.15) is 5.58 Å². The third-order valence-corrected chi connectivity index (χ3v) is 3.90. The number of carbonyl (C=O) groups is 1. The zero-order valence-electron chi connectivity index (χ0n) is 10.7. The van der Waals surface area contributed by atoms with Gasteiger partial charge in [-0.2, -0.15) is 0 Å². The largest absolute Gasteiger partial charge is 0.481 e. The zero-order valence-corrected chi connectivity index (χ0v) is 10.7. The molecule has 4 heteroatoms. The van der Waals surface area contributed by atoms with Crippen molar-refractivity contribution < 1.29 is 14.3 Å². The van der Waals surface area contributed by atoms with E-state index in [2.05, 4.69) is 5.32 Å². The normalized spacial score (nSPS) is 16.6. The van der Waals surface area contributed by atoms with E-state index in [1.165, 1.54) is 5.56 Å². The van der Waals surface area contributed by atoms with Crippen LogP contribution in [-0.2, 0) is 11.2 Å². The van der Waals surface area contributed by atoms with Gasteiger partial charge in [0.2, 0.25) is 0 Å². The molecule has 1 heterocycles. The number of rotatable bonds is 6. The molecule has 3 rings (SSSR count). The lowest BCUT2D eigenvalue weighted by atomic mass is 10.1. The van der Waals surface area contributed by atoms with Crippen molar-refractivity contribution in [2.24, 2.45) is 5.41 Å². The summed E-state index contributed by atoms with van der Waals surface area (Å²) in [6, 6.07) is 7.96. The number of benzene rings is 1. The Labute approximate surface area is 111 Å². The average Bonchev–Trinajstić information content (AvgIpc) is 3.10. The van der Waals surface area contributed by atoms with Gasteiger partial charge in [-0.25, -0.2) is 0 Å². The standard InChI is InChI=1S/C15H17NO3/c17-14(18)15(6-7-15)10-16-8-5-11-9-19-13-4-2-1-3-12(11)13/h1-4,9,16H,5-8,10H2,(H,17,18). The Balaban J connectivity index is 1.54. The third-order valence-electron chi connectivity index (χ3n) is 3.90. The van der Waals surface area contributed by atoms with Crippen LogP contribution < -0.4 is 5.32 Å². The van der Waals surface area contributed by atoms with Gasteiger partial charge in [-0.15, -0.1) is 0 Å². The molecule has 1 aliphatic rings. The topological polar surface area (TPSA) is 62.5 Å². The number of hydrogen-bond donors (Lipinski definition) is 2. The Bertz CT molecular complexity index is 598. The van der Waals surface area contributed by atoms with Gasteiger partial charge in [0.15, 0.2) is 0 Å². The molecule has 0 amide bonds. The van der Waals surface area contributed by atoms with Gasteiger partial charge in [0.05, 0.1) is 11.7 Å². The molecule has 1 aromatic carbocycles. The van der Waals surface area contributed by atoms with Crippen LogP contribution in [0, 0.1) is 5.41 Å². The Morgan fingerprint density at radius 3 is 2.89 bits per heavy atom. The Hall–Kier alpha value is -1.81. The van der Waals surface area contributed by atoms with Crippen LogP contribution in [0.4, 0.5) is 0 Å². The highest BCUT2D eigenvalue weighted by Gasteiger charge is 2.49. The smallest absolute Gasteiger partial charge is 0.310 e. The predicted molar refractivity (Wildman–Crippen MR) is 72.1 cm³/mol. The maximum atomic E-state index is 11.0. The molecule has 0 saturated heterocycles. The summed E-state index contributed by atoms with van der Waals surface area (Å²) in [5.41, 5.74) is 1.59. The van der Waals surface area contributed by atoms with Crippen molar-refractivity contribution in [3.8, 4) is 0 Å². The van der Waals surface area contributed by atoms with Gasteiger partial charge in [-0.1, -0.05) is 18.2 Å². The van der Waals surface area contributed by atoms with Crippen LogP contribution in [0.2, 0.25) is 0 Å². The van der Waals surface area contributed by atoms with Gasteiger partial charge in [-0.3, -0.25) is 4.79 Å².